The number of likely N-dealkylation sites (tertiary alicyclic amines) is 1. The summed E-state index contributed by atoms with van der Waals surface area (Å²) in [6.45, 7) is 7.18. The minimum Gasteiger partial charge on any atom is -0.481 e. The van der Waals surface area contributed by atoms with Crippen LogP contribution in [0.15, 0.2) is 18.2 Å². The number of rotatable bonds is 4. The number of carboxylic acid groups (broad SMARTS) is 1. The van der Waals surface area contributed by atoms with Gasteiger partial charge in [-0.05, 0) is 37.0 Å². The Labute approximate surface area is 125 Å². The lowest BCUT2D eigenvalue weighted by atomic mass is 9.99. The molecule has 2 N–H and O–H groups in total. The highest BCUT2D eigenvalue weighted by atomic mass is 16.4. The molecule has 0 unspecified atom stereocenters. The number of hydrogen-bond donors (Lipinski definition) is 2. The number of benzene rings is 1. The number of amides is 1. The zero-order valence-electron chi connectivity index (χ0n) is 12.7. The zero-order chi connectivity index (χ0) is 15.6. The molecule has 5 nitrogen and oxygen atoms in total. The van der Waals surface area contributed by atoms with Crippen molar-refractivity contribution in [1.82, 2.24) is 4.90 Å². The van der Waals surface area contributed by atoms with Crippen molar-refractivity contribution in [3.63, 3.8) is 0 Å². The van der Waals surface area contributed by atoms with Crippen LogP contribution in [0.4, 0.5) is 5.69 Å². The van der Waals surface area contributed by atoms with Gasteiger partial charge in [0.2, 0.25) is 5.91 Å². The molecule has 1 fully saturated rings. The Morgan fingerprint density at radius 2 is 2.05 bits per heavy atom. The summed E-state index contributed by atoms with van der Waals surface area (Å²) in [5, 5.41) is 12.0. The van der Waals surface area contributed by atoms with E-state index < -0.39 is 5.97 Å². The van der Waals surface area contributed by atoms with Crippen LogP contribution in [0.1, 0.15) is 18.1 Å². The van der Waals surface area contributed by atoms with Gasteiger partial charge in [-0.25, -0.2) is 0 Å². The van der Waals surface area contributed by atoms with Crippen molar-refractivity contribution in [3.05, 3.63) is 29.3 Å². The summed E-state index contributed by atoms with van der Waals surface area (Å²) >= 11 is 0. The number of carboxylic acids is 1. The minimum absolute atomic E-state index is 0.0796. The largest absolute Gasteiger partial charge is 0.481 e. The SMILES string of the molecule is Cc1ccc(C)c(NC(=O)CN2C[C@@H](C)[C@H](C(=O)O)C2)c1. The van der Waals surface area contributed by atoms with E-state index in [9.17, 15) is 9.59 Å². The number of aryl methyl sites for hydroxylation is 2. The van der Waals surface area contributed by atoms with Crippen LogP contribution in [-0.4, -0.2) is 41.5 Å². The van der Waals surface area contributed by atoms with Gasteiger partial charge in [-0.15, -0.1) is 0 Å². The van der Waals surface area contributed by atoms with Crippen LogP contribution in [0.2, 0.25) is 0 Å². The first-order chi connectivity index (χ1) is 9.86. The molecule has 1 aliphatic heterocycles. The van der Waals surface area contributed by atoms with Gasteiger partial charge in [-0.3, -0.25) is 14.5 Å². The fourth-order valence-electron chi connectivity index (χ4n) is 2.78. The van der Waals surface area contributed by atoms with Crippen LogP contribution >= 0.6 is 0 Å². The van der Waals surface area contributed by atoms with Gasteiger partial charge in [0, 0.05) is 18.8 Å². The summed E-state index contributed by atoms with van der Waals surface area (Å²) in [6, 6.07) is 5.92. The van der Waals surface area contributed by atoms with E-state index in [0.29, 0.717) is 13.1 Å². The van der Waals surface area contributed by atoms with Gasteiger partial charge in [0.15, 0.2) is 0 Å². The summed E-state index contributed by atoms with van der Waals surface area (Å²) in [6.07, 6.45) is 0. The number of hydrogen-bond acceptors (Lipinski definition) is 3. The first-order valence-corrected chi connectivity index (χ1v) is 7.19. The molecule has 2 atom stereocenters. The maximum atomic E-state index is 12.1. The van der Waals surface area contributed by atoms with Crippen LogP contribution in [0, 0.1) is 25.7 Å². The van der Waals surface area contributed by atoms with E-state index in [1.807, 2.05) is 43.9 Å². The van der Waals surface area contributed by atoms with E-state index in [2.05, 4.69) is 5.32 Å². The van der Waals surface area contributed by atoms with Gasteiger partial charge < -0.3 is 10.4 Å². The van der Waals surface area contributed by atoms with Crippen molar-refractivity contribution in [2.24, 2.45) is 11.8 Å². The third-order valence-corrected chi connectivity index (χ3v) is 4.04. The van der Waals surface area contributed by atoms with E-state index in [1.54, 1.807) is 0 Å². The van der Waals surface area contributed by atoms with Crippen molar-refractivity contribution >= 4 is 17.6 Å². The summed E-state index contributed by atoms with van der Waals surface area (Å²) in [5.74, 6) is -1.17. The Balaban J connectivity index is 1.94. The van der Waals surface area contributed by atoms with Crippen molar-refractivity contribution in [1.29, 1.82) is 0 Å². The monoisotopic (exact) mass is 290 g/mol. The standard InChI is InChI=1S/C16H22N2O3/c1-10-4-5-11(2)14(6-10)17-15(19)9-18-7-12(3)13(8-18)16(20)21/h4-6,12-13H,7-9H2,1-3H3,(H,17,19)(H,20,21)/t12-,13-/m1/s1. The summed E-state index contributed by atoms with van der Waals surface area (Å²) in [5.41, 5.74) is 2.94. The van der Waals surface area contributed by atoms with Crippen molar-refractivity contribution < 1.29 is 14.7 Å². The number of nitrogens with zero attached hydrogens (tertiary/aromatic N) is 1. The minimum atomic E-state index is -0.778. The third kappa shape index (κ3) is 3.82. The predicted molar refractivity (Wildman–Crippen MR) is 81.3 cm³/mol. The number of carbonyl (C=O) groups is 2. The van der Waals surface area contributed by atoms with Crippen LogP contribution in [0.25, 0.3) is 0 Å². The molecular formula is C16H22N2O3. The molecule has 1 saturated heterocycles. The predicted octanol–water partition coefficient (Wildman–Crippen LogP) is 1.89. The summed E-state index contributed by atoms with van der Waals surface area (Å²) in [7, 11) is 0. The van der Waals surface area contributed by atoms with E-state index >= 15 is 0 Å². The van der Waals surface area contributed by atoms with Crippen LogP contribution in [-0.2, 0) is 9.59 Å². The molecule has 1 aromatic rings. The van der Waals surface area contributed by atoms with Crippen LogP contribution < -0.4 is 5.32 Å². The topological polar surface area (TPSA) is 69.6 Å². The molecule has 1 aliphatic rings. The van der Waals surface area contributed by atoms with Crippen molar-refractivity contribution in [2.75, 3.05) is 25.0 Å². The highest BCUT2D eigenvalue weighted by Crippen LogP contribution is 2.23. The molecule has 21 heavy (non-hydrogen) atoms. The molecule has 0 aromatic heterocycles. The van der Waals surface area contributed by atoms with Gasteiger partial charge in [-0.1, -0.05) is 19.1 Å². The van der Waals surface area contributed by atoms with Gasteiger partial charge in [0.25, 0.3) is 0 Å². The molecule has 114 valence electrons. The highest BCUT2D eigenvalue weighted by molar-refractivity contribution is 5.93. The fraction of sp³-hybridized carbons (Fsp3) is 0.500. The first kappa shape index (κ1) is 15.5. The maximum absolute atomic E-state index is 12.1. The van der Waals surface area contributed by atoms with Crippen molar-refractivity contribution in [3.8, 4) is 0 Å². The summed E-state index contributed by atoms with van der Waals surface area (Å²) in [4.78, 5) is 25.1. The average molecular weight is 290 g/mol. The second-order valence-electron chi connectivity index (χ2n) is 5.98. The van der Waals surface area contributed by atoms with Crippen molar-refractivity contribution in [2.45, 2.75) is 20.8 Å². The van der Waals surface area contributed by atoms with Gasteiger partial charge in [0.1, 0.15) is 0 Å². The van der Waals surface area contributed by atoms with Crippen LogP contribution in [0.3, 0.4) is 0 Å². The van der Waals surface area contributed by atoms with Crippen LogP contribution in [0.5, 0.6) is 0 Å². The van der Waals surface area contributed by atoms with E-state index in [1.165, 1.54) is 0 Å². The lowest BCUT2D eigenvalue weighted by molar-refractivity contribution is -0.142. The third-order valence-electron chi connectivity index (χ3n) is 4.04. The van der Waals surface area contributed by atoms with Gasteiger partial charge in [0.05, 0.1) is 12.5 Å². The number of anilines is 1. The lowest BCUT2D eigenvalue weighted by Crippen LogP contribution is -2.32. The second-order valence-corrected chi connectivity index (χ2v) is 5.98. The first-order valence-electron chi connectivity index (χ1n) is 7.19. The highest BCUT2D eigenvalue weighted by Gasteiger charge is 2.35. The number of aliphatic carboxylic acids is 1. The Morgan fingerprint density at radius 3 is 2.67 bits per heavy atom. The molecular weight excluding hydrogens is 268 g/mol. The molecule has 2 rings (SSSR count). The Morgan fingerprint density at radius 1 is 1.33 bits per heavy atom. The zero-order valence-corrected chi connectivity index (χ0v) is 12.7. The number of carbonyl (C=O) groups excluding carboxylic acids is 1. The fourth-order valence-corrected chi connectivity index (χ4v) is 2.78. The maximum Gasteiger partial charge on any atom is 0.308 e. The molecule has 0 spiro atoms. The molecule has 1 amide bonds. The van der Waals surface area contributed by atoms with E-state index in [-0.39, 0.29) is 24.3 Å². The average Bonchev–Trinajstić information content (AvgIpc) is 2.74. The van der Waals surface area contributed by atoms with E-state index in [0.717, 1.165) is 16.8 Å². The molecule has 0 saturated carbocycles. The lowest BCUT2D eigenvalue weighted by Gasteiger charge is -2.16. The molecule has 1 aromatic carbocycles. The number of nitrogens with one attached hydrogen (secondary N) is 1. The van der Waals surface area contributed by atoms with Gasteiger partial charge in [-0.2, -0.15) is 0 Å². The Hall–Kier alpha value is -1.88. The van der Waals surface area contributed by atoms with E-state index in [4.69, 9.17) is 5.11 Å². The Kier molecular flexibility index (Phi) is 4.63. The summed E-state index contributed by atoms with van der Waals surface area (Å²) < 4.78 is 0. The molecule has 5 heteroatoms. The Bertz CT molecular complexity index is 556. The molecule has 1 heterocycles. The smallest absolute Gasteiger partial charge is 0.308 e. The molecule has 0 radical (unpaired) electrons. The quantitative estimate of drug-likeness (QED) is 0.888. The molecule has 0 aliphatic carbocycles. The molecule has 0 bridgehead atoms. The second kappa shape index (κ2) is 6.26. The normalized spacial score (nSPS) is 22.2. The van der Waals surface area contributed by atoms with Gasteiger partial charge >= 0.3 is 5.97 Å².